The summed E-state index contributed by atoms with van der Waals surface area (Å²) in [5, 5.41) is 0. The molecule has 0 spiro atoms. The highest BCUT2D eigenvalue weighted by Crippen LogP contribution is 2.28. The lowest BCUT2D eigenvalue weighted by Gasteiger charge is -2.11. The lowest BCUT2D eigenvalue weighted by atomic mass is 10.1. The second-order valence-electron chi connectivity index (χ2n) is 4.13. The van der Waals surface area contributed by atoms with Gasteiger partial charge in [0.2, 0.25) is 0 Å². The first-order valence-electron chi connectivity index (χ1n) is 6.62. The predicted molar refractivity (Wildman–Crippen MR) is 74.4 cm³/mol. The van der Waals surface area contributed by atoms with E-state index in [1.54, 1.807) is 25.1 Å². The van der Waals surface area contributed by atoms with Crippen LogP contribution in [0.2, 0.25) is 0 Å². The number of rotatable bonds is 8. The van der Waals surface area contributed by atoms with Gasteiger partial charge < -0.3 is 14.2 Å². The summed E-state index contributed by atoms with van der Waals surface area (Å²) in [5.74, 6) is 0.452. The van der Waals surface area contributed by atoms with Crippen molar-refractivity contribution in [3.63, 3.8) is 0 Å². The van der Waals surface area contributed by atoms with Gasteiger partial charge in [-0.3, -0.25) is 4.79 Å². The van der Waals surface area contributed by atoms with Crippen molar-refractivity contribution in [2.45, 2.75) is 26.7 Å². The second-order valence-corrected chi connectivity index (χ2v) is 4.13. The molecule has 0 amide bonds. The zero-order valence-corrected chi connectivity index (χ0v) is 12.1. The molecule has 0 bridgehead atoms. The van der Waals surface area contributed by atoms with E-state index in [4.69, 9.17) is 14.2 Å². The van der Waals surface area contributed by atoms with E-state index in [0.717, 1.165) is 6.42 Å². The fourth-order valence-corrected chi connectivity index (χ4v) is 1.67. The van der Waals surface area contributed by atoms with Gasteiger partial charge >= 0.3 is 5.97 Å². The Bertz CT molecular complexity index is 467. The molecule has 110 valence electrons. The zero-order valence-electron chi connectivity index (χ0n) is 12.1. The molecular formula is C15H20O5. The Morgan fingerprint density at radius 2 is 1.90 bits per heavy atom. The normalized spacial score (nSPS) is 9.95. The molecule has 0 unspecified atom stereocenters. The molecule has 0 aliphatic rings. The largest absolute Gasteiger partial charge is 0.493 e. The molecule has 0 aromatic heterocycles. The van der Waals surface area contributed by atoms with Crippen LogP contribution in [0, 0.1) is 0 Å². The maximum Gasteiger partial charge on any atom is 0.344 e. The van der Waals surface area contributed by atoms with Crippen LogP contribution in [0.3, 0.4) is 0 Å². The summed E-state index contributed by atoms with van der Waals surface area (Å²) in [6.45, 7) is 3.80. The van der Waals surface area contributed by atoms with E-state index in [1.165, 1.54) is 7.11 Å². The van der Waals surface area contributed by atoms with E-state index in [0.29, 0.717) is 30.1 Å². The first-order valence-corrected chi connectivity index (χ1v) is 6.62. The number of carbonyl (C=O) groups excluding carboxylic acids is 2. The fraction of sp³-hybridized carbons (Fsp3) is 0.467. The topological polar surface area (TPSA) is 61.8 Å². The minimum atomic E-state index is -0.444. The van der Waals surface area contributed by atoms with E-state index in [1.807, 2.05) is 6.92 Å². The molecule has 5 heteroatoms. The summed E-state index contributed by atoms with van der Waals surface area (Å²) < 4.78 is 15.3. The van der Waals surface area contributed by atoms with Crippen LogP contribution in [-0.2, 0) is 9.53 Å². The van der Waals surface area contributed by atoms with Gasteiger partial charge in [-0.2, -0.15) is 0 Å². The standard InChI is InChI=1S/C15H20O5/c1-4-6-12(16)11-7-8-13(14(9-11)18-3)20-10-15(17)19-5-2/h7-9H,4-6,10H2,1-3H3. The molecule has 1 aromatic carbocycles. The van der Waals surface area contributed by atoms with Crippen molar-refractivity contribution in [3.05, 3.63) is 23.8 Å². The van der Waals surface area contributed by atoms with Crippen LogP contribution in [0.1, 0.15) is 37.0 Å². The third-order valence-electron chi connectivity index (χ3n) is 2.61. The highest BCUT2D eigenvalue weighted by molar-refractivity contribution is 5.96. The van der Waals surface area contributed by atoms with Gasteiger partial charge in [-0.1, -0.05) is 6.92 Å². The van der Waals surface area contributed by atoms with E-state index in [2.05, 4.69) is 0 Å². The van der Waals surface area contributed by atoms with Gasteiger partial charge in [-0.25, -0.2) is 4.79 Å². The maximum absolute atomic E-state index is 11.8. The van der Waals surface area contributed by atoms with E-state index >= 15 is 0 Å². The van der Waals surface area contributed by atoms with Gasteiger partial charge in [0.25, 0.3) is 0 Å². The summed E-state index contributed by atoms with van der Waals surface area (Å²) in [7, 11) is 1.49. The lowest BCUT2D eigenvalue weighted by molar-refractivity contribution is -0.145. The molecule has 0 fully saturated rings. The number of ether oxygens (including phenoxy) is 3. The molecule has 0 saturated carbocycles. The molecule has 0 heterocycles. The number of carbonyl (C=O) groups is 2. The molecule has 0 saturated heterocycles. The molecule has 0 radical (unpaired) electrons. The van der Waals surface area contributed by atoms with Crippen molar-refractivity contribution in [2.24, 2.45) is 0 Å². The Labute approximate surface area is 118 Å². The van der Waals surface area contributed by atoms with Crippen LogP contribution < -0.4 is 9.47 Å². The molecule has 1 aromatic rings. The molecule has 5 nitrogen and oxygen atoms in total. The van der Waals surface area contributed by atoms with E-state index < -0.39 is 5.97 Å². The predicted octanol–water partition coefficient (Wildman–Crippen LogP) is 2.62. The van der Waals surface area contributed by atoms with E-state index in [-0.39, 0.29) is 12.4 Å². The number of hydrogen-bond acceptors (Lipinski definition) is 5. The number of ketones is 1. The average molecular weight is 280 g/mol. The van der Waals surface area contributed by atoms with Gasteiger partial charge in [0, 0.05) is 12.0 Å². The highest BCUT2D eigenvalue weighted by Gasteiger charge is 2.12. The van der Waals surface area contributed by atoms with Crippen molar-refractivity contribution in [1.82, 2.24) is 0 Å². The van der Waals surface area contributed by atoms with Crippen molar-refractivity contribution >= 4 is 11.8 Å². The number of benzene rings is 1. The number of esters is 1. The van der Waals surface area contributed by atoms with Gasteiger partial charge in [0.05, 0.1) is 13.7 Å². The summed E-state index contributed by atoms with van der Waals surface area (Å²) in [4.78, 5) is 23.0. The van der Waals surface area contributed by atoms with Crippen LogP contribution in [0.15, 0.2) is 18.2 Å². The van der Waals surface area contributed by atoms with Crippen LogP contribution in [0.25, 0.3) is 0 Å². The van der Waals surface area contributed by atoms with Crippen LogP contribution >= 0.6 is 0 Å². The van der Waals surface area contributed by atoms with Crippen molar-refractivity contribution in [2.75, 3.05) is 20.3 Å². The van der Waals surface area contributed by atoms with Crippen molar-refractivity contribution in [3.8, 4) is 11.5 Å². The number of methoxy groups -OCH3 is 1. The Morgan fingerprint density at radius 3 is 2.50 bits per heavy atom. The molecule has 0 aliphatic heterocycles. The van der Waals surface area contributed by atoms with Crippen LogP contribution in [0.5, 0.6) is 11.5 Å². The Balaban J connectivity index is 2.77. The molecular weight excluding hydrogens is 260 g/mol. The maximum atomic E-state index is 11.8. The Hall–Kier alpha value is -2.04. The minimum Gasteiger partial charge on any atom is -0.493 e. The second kappa shape index (κ2) is 8.19. The zero-order chi connectivity index (χ0) is 15.0. The number of hydrogen-bond donors (Lipinski definition) is 0. The highest BCUT2D eigenvalue weighted by atomic mass is 16.6. The smallest absolute Gasteiger partial charge is 0.344 e. The van der Waals surface area contributed by atoms with Gasteiger partial charge in [-0.15, -0.1) is 0 Å². The molecule has 20 heavy (non-hydrogen) atoms. The van der Waals surface area contributed by atoms with Crippen molar-refractivity contribution < 1.29 is 23.8 Å². The average Bonchev–Trinajstić information content (AvgIpc) is 2.45. The molecule has 0 aliphatic carbocycles. The summed E-state index contributed by atoms with van der Waals surface area (Å²) in [5.41, 5.74) is 0.576. The monoisotopic (exact) mass is 280 g/mol. The fourth-order valence-electron chi connectivity index (χ4n) is 1.67. The molecule has 1 rings (SSSR count). The summed E-state index contributed by atoms with van der Waals surface area (Å²) in [6, 6.07) is 4.92. The van der Waals surface area contributed by atoms with E-state index in [9.17, 15) is 9.59 Å². The Kier molecular flexibility index (Phi) is 6.56. The Morgan fingerprint density at radius 1 is 1.15 bits per heavy atom. The third-order valence-corrected chi connectivity index (χ3v) is 2.61. The lowest BCUT2D eigenvalue weighted by Crippen LogP contribution is -2.15. The third kappa shape index (κ3) is 4.57. The quantitative estimate of drug-likeness (QED) is 0.541. The number of Topliss-reactive ketones (excluding diaryl/α,β-unsaturated/α-hetero) is 1. The van der Waals surface area contributed by atoms with Crippen molar-refractivity contribution in [1.29, 1.82) is 0 Å². The summed E-state index contributed by atoms with van der Waals surface area (Å²) in [6.07, 6.45) is 1.29. The first kappa shape index (κ1) is 16.0. The van der Waals surface area contributed by atoms with Gasteiger partial charge in [0.1, 0.15) is 0 Å². The van der Waals surface area contributed by atoms with Crippen LogP contribution in [0.4, 0.5) is 0 Å². The van der Waals surface area contributed by atoms with Gasteiger partial charge in [0.15, 0.2) is 23.9 Å². The first-order chi connectivity index (χ1) is 9.62. The summed E-state index contributed by atoms with van der Waals surface area (Å²) >= 11 is 0. The minimum absolute atomic E-state index is 0.0581. The van der Waals surface area contributed by atoms with Gasteiger partial charge in [-0.05, 0) is 31.5 Å². The van der Waals surface area contributed by atoms with Crippen LogP contribution in [-0.4, -0.2) is 32.1 Å². The molecule has 0 atom stereocenters. The SMILES string of the molecule is CCCC(=O)c1ccc(OCC(=O)OCC)c(OC)c1. The molecule has 0 N–H and O–H groups in total.